The number of nitrogens with zero attached hydrogens (tertiary/aromatic N) is 2. The summed E-state index contributed by atoms with van der Waals surface area (Å²) >= 11 is 1.77. The average Bonchev–Trinajstić information content (AvgIpc) is 3.27. The van der Waals surface area contributed by atoms with Crippen LogP contribution in [0, 0.1) is 28.6 Å². The van der Waals surface area contributed by atoms with E-state index >= 15 is 0 Å². The number of amides is 1. The number of fused-ring (bicyclic) bond motifs is 5. The Morgan fingerprint density at radius 2 is 1.90 bits per heavy atom. The third-order valence-electron chi connectivity index (χ3n) is 9.49. The minimum Gasteiger partial charge on any atom is -0.357 e. The Hall–Kier alpha value is -1.36. The normalized spacial score (nSPS) is 42.2. The molecule has 7 atom stereocenters. The quantitative estimate of drug-likeness (QED) is 0.605. The van der Waals surface area contributed by atoms with Crippen molar-refractivity contribution in [2.75, 3.05) is 12.4 Å². The van der Waals surface area contributed by atoms with Crippen LogP contribution < -0.4 is 5.32 Å². The van der Waals surface area contributed by atoms with Gasteiger partial charge in [-0.3, -0.25) is 4.79 Å². The molecule has 0 saturated heterocycles. The maximum atomic E-state index is 12.3. The van der Waals surface area contributed by atoms with Gasteiger partial charge in [0.15, 0.2) is 5.13 Å². The van der Waals surface area contributed by atoms with E-state index in [0.717, 1.165) is 23.4 Å². The van der Waals surface area contributed by atoms with Crippen molar-refractivity contribution in [2.45, 2.75) is 90.6 Å². The van der Waals surface area contributed by atoms with Crippen LogP contribution in [0.2, 0.25) is 0 Å². The zero-order valence-corrected chi connectivity index (χ0v) is 20.9. The second-order valence-electron chi connectivity index (χ2n) is 12.2. The van der Waals surface area contributed by atoms with Gasteiger partial charge in [0, 0.05) is 35.3 Å². The van der Waals surface area contributed by atoms with Crippen LogP contribution >= 0.6 is 11.3 Å². The van der Waals surface area contributed by atoms with Crippen LogP contribution in [-0.2, 0) is 4.79 Å². The molecule has 3 saturated carbocycles. The van der Waals surface area contributed by atoms with E-state index in [1.807, 2.05) is 18.0 Å². The van der Waals surface area contributed by atoms with Gasteiger partial charge < -0.3 is 10.2 Å². The van der Waals surface area contributed by atoms with Gasteiger partial charge in [-0.15, -0.1) is 11.3 Å². The number of nitrogens with one attached hydrogen (secondary N) is 1. The molecule has 3 fully saturated rings. The summed E-state index contributed by atoms with van der Waals surface area (Å²) in [7, 11) is 2.01. The number of carbonyl (C=O) groups excluding carboxylic acids is 1. The van der Waals surface area contributed by atoms with E-state index in [2.05, 4.69) is 51.4 Å². The summed E-state index contributed by atoms with van der Waals surface area (Å²) in [6.07, 6.45) is 11.7. The lowest BCUT2D eigenvalue weighted by atomic mass is 9.47. The molecular formula is C26H39N3OS. The molecule has 0 bridgehead atoms. The number of aromatic nitrogens is 1. The summed E-state index contributed by atoms with van der Waals surface area (Å²) in [6, 6.07) is 0.373. The van der Waals surface area contributed by atoms with E-state index in [1.165, 1.54) is 37.8 Å². The number of anilines is 1. The molecule has 3 aliphatic carbocycles. The SMILES string of the molecule is CN1C(=O)C=C[C@]2(C)[C@H]3CC[C@]4(C)[C@@H](c5csc(NC(C)(C)C)n5)CC[C@H]4[C@@H]3CC[C@@H]12. The van der Waals surface area contributed by atoms with Crippen LogP contribution in [0.25, 0.3) is 0 Å². The van der Waals surface area contributed by atoms with E-state index in [-0.39, 0.29) is 16.9 Å². The maximum absolute atomic E-state index is 12.3. The zero-order chi connectivity index (χ0) is 22.2. The molecule has 4 aliphatic rings. The third kappa shape index (κ3) is 3.29. The van der Waals surface area contributed by atoms with Crippen molar-refractivity contribution in [3.8, 4) is 0 Å². The molecule has 31 heavy (non-hydrogen) atoms. The monoisotopic (exact) mass is 441 g/mol. The Bertz CT molecular complexity index is 901. The first-order valence-electron chi connectivity index (χ1n) is 12.2. The number of likely N-dealkylation sites (N-methyl/N-ethyl adjacent to an activating group) is 1. The van der Waals surface area contributed by atoms with Crippen molar-refractivity contribution in [3.63, 3.8) is 0 Å². The smallest absolute Gasteiger partial charge is 0.246 e. The van der Waals surface area contributed by atoms with Crippen LogP contribution in [0.15, 0.2) is 17.5 Å². The van der Waals surface area contributed by atoms with Crippen molar-refractivity contribution < 1.29 is 4.79 Å². The van der Waals surface area contributed by atoms with Gasteiger partial charge in [0.05, 0.1) is 5.69 Å². The summed E-state index contributed by atoms with van der Waals surface area (Å²) in [5, 5.41) is 6.95. The first-order valence-corrected chi connectivity index (χ1v) is 13.1. The van der Waals surface area contributed by atoms with Gasteiger partial charge in [-0.1, -0.05) is 19.9 Å². The molecule has 0 aromatic carbocycles. The molecule has 1 aromatic heterocycles. The van der Waals surface area contributed by atoms with Gasteiger partial charge in [0.2, 0.25) is 5.91 Å². The first kappa shape index (κ1) is 21.5. The molecule has 0 unspecified atom stereocenters. The first-order chi connectivity index (χ1) is 14.5. The molecule has 0 spiro atoms. The Morgan fingerprint density at radius 3 is 2.65 bits per heavy atom. The van der Waals surface area contributed by atoms with Gasteiger partial charge in [0.25, 0.3) is 0 Å². The standard InChI is InChI=1S/C26H39N3OS/c1-24(2,3)28-23-27-20(15-31-23)19-9-8-17-16-7-10-21-26(5,14-12-22(30)29(21)6)18(16)11-13-25(17,19)4/h12,14-19,21H,7-11,13H2,1-6H3,(H,27,28)/t16-,17-,18-,19+,21+,25-,26+/m0/s1. The fraction of sp³-hybridized carbons (Fsp3) is 0.769. The average molecular weight is 442 g/mol. The molecule has 1 amide bonds. The minimum absolute atomic E-state index is 0.0471. The predicted molar refractivity (Wildman–Crippen MR) is 128 cm³/mol. The summed E-state index contributed by atoms with van der Waals surface area (Å²) in [4.78, 5) is 19.4. The minimum atomic E-state index is 0.0471. The highest BCUT2D eigenvalue weighted by Gasteiger charge is 2.60. The molecule has 0 radical (unpaired) electrons. The summed E-state index contributed by atoms with van der Waals surface area (Å²) < 4.78 is 0. The second kappa shape index (κ2) is 7.07. The van der Waals surface area contributed by atoms with Crippen molar-refractivity contribution >= 4 is 22.4 Å². The maximum Gasteiger partial charge on any atom is 0.246 e. The van der Waals surface area contributed by atoms with E-state index in [1.54, 1.807) is 11.3 Å². The summed E-state index contributed by atoms with van der Waals surface area (Å²) in [5.41, 5.74) is 1.86. The van der Waals surface area contributed by atoms with E-state index < -0.39 is 0 Å². The van der Waals surface area contributed by atoms with Crippen LogP contribution in [0.4, 0.5) is 5.13 Å². The fourth-order valence-electron chi connectivity index (χ4n) is 8.05. The number of carbonyl (C=O) groups is 1. The van der Waals surface area contributed by atoms with Crippen molar-refractivity contribution in [2.24, 2.45) is 28.6 Å². The topological polar surface area (TPSA) is 45.2 Å². The molecule has 2 heterocycles. The van der Waals surface area contributed by atoms with Gasteiger partial charge in [-0.05, 0) is 88.5 Å². The van der Waals surface area contributed by atoms with E-state index in [0.29, 0.717) is 23.3 Å². The van der Waals surface area contributed by atoms with Crippen LogP contribution in [-0.4, -0.2) is 34.4 Å². The molecule has 5 rings (SSSR count). The Labute approximate surface area is 191 Å². The number of thiazole rings is 1. The largest absolute Gasteiger partial charge is 0.357 e. The molecule has 4 nitrogen and oxygen atoms in total. The number of hydrogen-bond acceptors (Lipinski definition) is 4. The Morgan fingerprint density at radius 1 is 1.13 bits per heavy atom. The second-order valence-corrected chi connectivity index (χ2v) is 13.1. The summed E-state index contributed by atoms with van der Waals surface area (Å²) in [6.45, 7) is 11.6. The highest BCUT2D eigenvalue weighted by atomic mass is 32.1. The molecular weight excluding hydrogens is 402 g/mol. The van der Waals surface area contributed by atoms with Gasteiger partial charge in [-0.2, -0.15) is 0 Å². The number of hydrogen-bond donors (Lipinski definition) is 1. The lowest BCUT2D eigenvalue weighted by Gasteiger charge is -2.60. The highest BCUT2D eigenvalue weighted by molar-refractivity contribution is 7.13. The predicted octanol–water partition coefficient (Wildman–Crippen LogP) is 6.08. The van der Waals surface area contributed by atoms with Gasteiger partial charge >= 0.3 is 0 Å². The summed E-state index contributed by atoms with van der Waals surface area (Å²) in [5.74, 6) is 3.03. The van der Waals surface area contributed by atoms with Gasteiger partial charge in [-0.25, -0.2) is 4.98 Å². The Balaban J connectivity index is 1.40. The highest BCUT2D eigenvalue weighted by Crippen LogP contribution is 2.67. The van der Waals surface area contributed by atoms with Crippen LogP contribution in [0.3, 0.4) is 0 Å². The molecule has 1 aromatic rings. The molecule has 1 aliphatic heterocycles. The van der Waals surface area contributed by atoms with Crippen LogP contribution in [0.5, 0.6) is 0 Å². The van der Waals surface area contributed by atoms with Crippen molar-refractivity contribution in [1.29, 1.82) is 0 Å². The molecule has 5 heteroatoms. The van der Waals surface area contributed by atoms with Gasteiger partial charge in [0.1, 0.15) is 0 Å². The van der Waals surface area contributed by atoms with Crippen molar-refractivity contribution in [1.82, 2.24) is 9.88 Å². The van der Waals surface area contributed by atoms with E-state index in [4.69, 9.17) is 4.98 Å². The third-order valence-corrected chi connectivity index (χ3v) is 10.3. The fourth-order valence-corrected chi connectivity index (χ4v) is 9.02. The lowest BCUT2D eigenvalue weighted by Crippen LogP contribution is -2.59. The zero-order valence-electron chi connectivity index (χ0n) is 20.1. The number of rotatable bonds is 2. The molecule has 1 N–H and O–H groups in total. The molecule has 170 valence electrons. The van der Waals surface area contributed by atoms with Crippen molar-refractivity contribution in [3.05, 3.63) is 23.2 Å². The Kier molecular flexibility index (Phi) is 4.90. The lowest BCUT2D eigenvalue weighted by molar-refractivity contribution is -0.138. The van der Waals surface area contributed by atoms with E-state index in [9.17, 15) is 4.79 Å². The van der Waals surface area contributed by atoms with Crippen LogP contribution in [0.1, 0.15) is 84.8 Å².